The number of carboxylic acids is 1. The minimum absolute atomic E-state index is 0.000305. The quantitative estimate of drug-likeness (QED) is 0.590. The Morgan fingerprint density at radius 3 is 2.53 bits per heavy atom. The van der Waals surface area contributed by atoms with Gasteiger partial charge in [-0.1, -0.05) is 0 Å². The highest BCUT2D eigenvalue weighted by molar-refractivity contribution is 5.73. The number of nitrogens with one attached hydrogen (secondary N) is 1. The number of carboxylic acid groups (broad SMARTS) is 1. The third-order valence-corrected chi connectivity index (χ3v) is 3.12. The maximum Gasteiger partial charge on any atom is 0.321 e. The predicted molar refractivity (Wildman–Crippen MR) is 63.5 cm³/mol. The summed E-state index contributed by atoms with van der Waals surface area (Å²) in [5.74, 6) is -0.457. The van der Waals surface area contributed by atoms with Gasteiger partial charge in [-0.3, -0.25) is 9.59 Å². The van der Waals surface area contributed by atoms with Gasteiger partial charge in [0.2, 0.25) is 5.91 Å². The first-order valence-corrected chi connectivity index (χ1v) is 5.94. The van der Waals surface area contributed by atoms with Crippen molar-refractivity contribution in [3.05, 3.63) is 0 Å². The zero-order chi connectivity index (χ0) is 12.8. The minimum atomic E-state index is -0.953. The molecule has 6 nitrogen and oxygen atoms in total. The van der Waals surface area contributed by atoms with Gasteiger partial charge in [0.1, 0.15) is 6.04 Å². The molecule has 1 aliphatic rings. The largest absolute Gasteiger partial charge is 0.480 e. The van der Waals surface area contributed by atoms with E-state index in [9.17, 15) is 9.59 Å². The summed E-state index contributed by atoms with van der Waals surface area (Å²) in [6, 6.07) is -0.804. The van der Waals surface area contributed by atoms with Gasteiger partial charge in [-0.15, -0.1) is 0 Å². The van der Waals surface area contributed by atoms with Crippen molar-refractivity contribution in [1.29, 1.82) is 0 Å². The lowest BCUT2D eigenvalue weighted by Crippen LogP contribution is -2.46. The molecule has 0 bridgehead atoms. The predicted octanol–water partition coefficient (Wildman–Crippen LogP) is -0.754. The Kier molecular flexibility index (Phi) is 5.37. The number of amides is 1. The van der Waals surface area contributed by atoms with E-state index in [-0.39, 0.29) is 5.91 Å². The molecule has 0 saturated carbocycles. The van der Waals surface area contributed by atoms with E-state index < -0.39 is 12.0 Å². The lowest BCUT2D eigenvalue weighted by Gasteiger charge is -2.32. The van der Waals surface area contributed by atoms with Gasteiger partial charge < -0.3 is 21.1 Å². The Labute approximate surface area is 101 Å². The summed E-state index contributed by atoms with van der Waals surface area (Å²) in [5.41, 5.74) is 5.48. The summed E-state index contributed by atoms with van der Waals surface area (Å²) < 4.78 is 0. The molecule has 0 aromatic rings. The normalized spacial score (nSPS) is 19.9. The summed E-state index contributed by atoms with van der Waals surface area (Å²) in [4.78, 5) is 23.5. The van der Waals surface area contributed by atoms with Crippen LogP contribution in [-0.4, -0.2) is 54.1 Å². The fourth-order valence-electron chi connectivity index (χ4n) is 2.02. The molecule has 0 aromatic carbocycles. The van der Waals surface area contributed by atoms with Gasteiger partial charge in [0, 0.05) is 20.0 Å². The van der Waals surface area contributed by atoms with Crippen molar-refractivity contribution in [2.75, 3.05) is 26.2 Å². The number of nitrogens with zero attached hydrogens (tertiary/aromatic N) is 1. The van der Waals surface area contributed by atoms with Crippen LogP contribution in [0, 0.1) is 5.92 Å². The Morgan fingerprint density at radius 1 is 1.47 bits per heavy atom. The molecule has 6 heteroatoms. The van der Waals surface area contributed by atoms with Gasteiger partial charge in [0.25, 0.3) is 0 Å². The molecule has 1 aliphatic heterocycles. The Bertz CT molecular complexity index is 275. The number of hydrogen-bond donors (Lipinski definition) is 3. The SMILES string of the molecule is CC(=O)NCC1CCN(CC(N)C(=O)O)CC1. The van der Waals surface area contributed by atoms with Crippen LogP contribution < -0.4 is 11.1 Å². The fraction of sp³-hybridized carbons (Fsp3) is 0.818. The molecule has 1 saturated heterocycles. The average molecular weight is 243 g/mol. The summed E-state index contributed by atoms with van der Waals surface area (Å²) in [7, 11) is 0. The van der Waals surface area contributed by atoms with Crippen LogP contribution in [0.25, 0.3) is 0 Å². The molecule has 4 N–H and O–H groups in total. The third-order valence-electron chi connectivity index (χ3n) is 3.12. The van der Waals surface area contributed by atoms with Crippen LogP contribution in [0.2, 0.25) is 0 Å². The molecule has 17 heavy (non-hydrogen) atoms. The van der Waals surface area contributed by atoms with Crippen LogP contribution in [-0.2, 0) is 9.59 Å². The molecule has 1 heterocycles. The number of carbonyl (C=O) groups excluding carboxylic acids is 1. The molecule has 1 unspecified atom stereocenters. The highest BCUT2D eigenvalue weighted by atomic mass is 16.4. The van der Waals surface area contributed by atoms with Gasteiger partial charge in [-0.25, -0.2) is 0 Å². The van der Waals surface area contributed by atoms with Crippen molar-refractivity contribution in [1.82, 2.24) is 10.2 Å². The molecule has 1 fully saturated rings. The van der Waals surface area contributed by atoms with Gasteiger partial charge in [0.05, 0.1) is 0 Å². The average Bonchev–Trinajstić information content (AvgIpc) is 2.28. The number of piperidine rings is 1. The van der Waals surface area contributed by atoms with Crippen LogP contribution >= 0.6 is 0 Å². The monoisotopic (exact) mass is 243 g/mol. The molecule has 1 rings (SSSR count). The number of nitrogens with two attached hydrogens (primary N) is 1. The molecule has 0 aliphatic carbocycles. The van der Waals surface area contributed by atoms with E-state index in [1.807, 2.05) is 0 Å². The first kappa shape index (κ1) is 13.9. The van der Waals surface area contributed by atoms with E-state index in [1.54, 1.807) is 0 Å². The maximum atomic E-state index is 10.8. The van der Waals surface area contributed by atoms with Crippen LogP contribution in [0.4, 0.5) is 0 Å². The van der Waals surface area contributed by atoms with E-state index >= 15 is 0 Å². The zero-order valence-corrected chi connectivity index (χ0v) is 10.2. The second-order valence-electron chi connectivity index (χ2n) is 4.63. The molecular formula is C11H21N3O3. The van der Waals surface area contributed by atoms with E-state index in [0.29, 0.717) is 19.0 Å². The van der Waals surface area contributed by atoms with Gasteiger partial charge in [0.15, 0.2) is 0 Å². The van der Waals surface area contributed by atoms with Crippen molar-refractivity contribution >= 4 is 11.9 Å². The summed E-state index contributed by atoms with van der Waals surface area (Å²) in [5, 5.41) is 11.5. The second-order valence-corrected chi connectivity index (χ2v) is 4.63. The molecule has 0 aromatic heterocycles. The first-order valence-electron chi connectivity index (χ1n) is 5.94. The van der Waals surface area contributed by atoms with Crippen LogP contribution in [0.3, 0.4) is 0 Å². The summed E-state index contributed by atoms with van der Waals surface area (Å²) in [6.07, 6.45) is 1.96. The van der Waals surface area contributed by atoms with Crippen LogP contribution in [0.15, 0.2) is 0 Å². The Morgan fingerprint density at radius 2 is 2.06 bits per heavy atom. The van der Waals surface area contributed by atoms with E-state index in [2.05, 4.69) is 10.2 Å². The third kappa shape index (κ3) is 5.14. The van der Waals surface area contributed by atoms with Crippen LogP contribution in [0.1, 0.15) is 19.8 Å². The van der Waals surface area contributed by atoms with Crippen molar-refractivity contribution in [2.45, 2.75) is 25.8 Å². The molecule has 0 radical (unpaired) electrons. The Balaban J connectivity index is 2.21. The molecule has 0 spiro atoms. The summed E-state index contributed by atoms with van der Waals surface area (Å²) >= 11 is 0. The highest BCUT2D eigenvalue weighted by Crippen LogP contribution is 2.16. The van der Waals surface area contributed by atoms with Crippen molar-refractivity contribution in [2.24, 2.45) is 11.7 Å². The number of likely N-dealkylation sites (tertiary alicyclic amines) is 1. The Hall–Kier alpha value is -1.14. The summed E-state index contributed by atoms with van der Waals surface area (Å²) in [6.45, 7) is 4.34. The smallest absolute Gasteiger partial charge is 0.321 e. The molecule has 98 valence electrons. The standard InChI is InChI=1S/C11H21N3O3/c1-8(15)13-6-9-2-4-14(5-3-9)7-10(12)11(16)17/h9-10H,2-7,12H2,1H3,(H,13,15)(H,16,17). The minimum Gasteiger partial charge on any atom is -0.480 e. The van der Waals surface area contributed by atoms with Gasteiger partial charge in [-0.2, -0.15) is 0 Å². The maximum absolute atomic E-state index is 10.8. The van der Waals surface area contributed by atoms with E-state index in [4.69, 9.17) is 10.8 Å². The lowest BCUT2D eigenvalue weighted by molar-refractivity contribution is -0.139. The number of hydrogen-bond acceptors (Lipinski definition) is 4. The van der Waals surface area contributed by atoms with Gasteiger partial charge in [-0.05, 0) is 31.8 Å². The number of carbonyl (C=O) groups is 2. The fourth-order valence-corrected chi connectivity index (χ4v) is 2.02. The molecule has 1 atom stereocenters. The van der Waals surface area contributed by atoms with Crippen molar-refractivity contribution in [3.63, 3.8) is 0 Å². The highest BCUT2D eigenvalue weighted by Gasteiger charge is 2.22. The first-order chi connectivity index (χ1) is 7.99. The van der Waals surface area contributed by atoms with Crippen molar-refractivity contribution < 1.29 is 14.7 Å². The van der Waals surface area contributed by atoms with E-state index in [1.165, 1.54) is 6.92 Å². The van der Waals surface area contributed by atoms with Crippen molar-refractivity contribution in [3.8, 4) is 0 Å². The zero-order valence-electron chi connectivity index (χ0n) is 10.2. The second kappa shape index (κ2) is 6.56. The topological polar surface area (TPSA) is 95.7 Å². The number of aliphatic carboxylic acids is 1. The van der Waals surface area contributed by atoms with E-state index in [0.717, 1.165) is 25.9 Å². The number of rotatable bonds is 5. The van der Waals surface area contributed by atoms with Gasteiger partial charge >= 0.3 is 5.97 Å². The molecule has 1 amide bonds. The van der Waals surface area contributed by atoms with Crippen LogP contribution in [0.5, 0.6) is 0 Å². The lowest BCUT2D eigenvalue weighted by atomic mass is 9.96. The molecular weight excluding hydrogens is 222 g/mol.